The number of carbonyl (C=O) groups is 1. The molecule has 9 heteroatoms. The topological polar surface area (TPSA) is 107 Å². The van der Waals surface area contributed by atoms with Gasteiger partial charge in [0.25, 0.3) is 0 Å². The van der Waals surface area contributed by atoms with Gasteiger partial charge in [-0.1, -0.05) is 50.8 Å². The molecule has 1 aromatic rings. The Kier molecular flexibility index (Phi) is 5.68. The van der Waals surface area contributed by atoms with Gasteiger partial charge in [-0.05, 0) is 48.7 Å². The second-order valence-electron chi connectivity index (χ2n) is 9.96. The quantitative estimate of drug-likeness (QED) is 0.381. The van der Waals surface area contributed by atoms with E-state index >= 15 is 0 Å². The lowest BCUT2D eigenvalue weighted by Gasteiger charge is -2.39. The molecule has 3 fully saturated rings. The largest absolute Gasteiger partial charge is 0.443 e. The van der Waals surface area contributed by atoms with Gasteiger partial charge in [0, 0.05) is 11.5 Å². The lowest BCUT2D eigenvalue weighted by molar-refractivity contribution is -0.0997. The zero-order valence-corrected chi connectivity index (χ0v) is 19.6. The number of amides is 1. The van der Waals surface area contributed by atoms with Crippen LogP contribution in [0.4, 0.5) is 4.79 Å². The van der Waals surface area contributed by atoms with Gasteiger partial charge in [0.2, 0.25) is 10.0 Å². The number of ether oxygens (including phenoxy) is 1. The van der Waals surface area contributed by atoms with Gasteiger partial charge in [0.05, 0.1) is 11.8 Å². The molecule has 2 aliphatic carbocycles. The van der Waals surface area contributed by atoms with Crippen LogP contribution in [0, 0.1) is 16.7 Å². The summed E-state index contributed by atoms with van der Waals surface area (Å²) in [5.74, 6) is 0.417. The number of fused-ring (bicyclic) bond motifs is 1. The Bertz CT molecular complexity index is 1010. The first-order chi connectivity index (χ1) is 14.9. The SMILES string of the molecule is C=C(C(C)N(O)C(=O)OCc1ccccc1)C(O)N1C2CC3CCC2(CS1(=O)=O)C3(C)C. The monoisotopic (exact) mass is 464 g/mol. The predicted octanol–water partition coefficient (Wildman–Crippen LogP) is 3.12. The summed E-state index contributed by atoms with van der Waals surface area (Å²) < 4.78 is 32.6. The molecule has 4 rings (SSSR count). The van der Waals surface area contributed by atoms with E-state index in [9.17, 15) is 23.5 Å². The summed E-state index contributed by atoms with van der Waals surface area (Å²) in [5.41, 5.74) is 0.253. The molecule has 1 aromatic carbocycles. The number of aliphatic hydroxyl groups is 1. The molecule has 0 aromatic heterocycles. The molecular weight excluding hydrogens is 432 g/mol. The van der Waals surface area contributed by atoms with Crippen LogP contribution >= 0.6 is 0 Å². The summed E-state index contributed by atoms with van der Waals surface area (Å²) in [6.07, 6.45) is -0.0227. The van der Waals surface area contributed by atoms with Gasteiger partial charge in [-0.3, -0.25) is 5.21 Å². The Labute approximate surface area is 189 Å². The van der Waals surface area contributed by atoms with Crippen molar-refractivity contribution >= 4 is 16.1 Å². The van der Waals surface area contributed by atoms with E-state index in [4.69, 9.17) is 4.74 Å². The second-order valence-corrected chi connectivity index (χ2v) is 11.8. The molecule has 2 saturated carbocycles. The highest BCUT2D eigenvalue weighted by molar-refractivity contribution is 7.89. The molecule has 1 spiro atoms. The summed E-state index contributed by atoms with van der Waals surface area (Å²) in [6.45, 7) is 9.54. The number of benzene rings is 1. The van der Waals surface area contributed by atoms with Gasteiger partial charge in [0.1, 0.15) is 12.8 Å². The predicted molar refractivity (Wildman–Crippen MR) is 118 cm³/mol. The number of carbonyl (C=O) groups excluding carboxylic acids is 1. The minimum absolute atomic E-state index is 0.00877. The number of sulfonamides is 1. The first kappa shape index (κ1) is 23.2. The Morgan fingerprint density at radius 3 is 2.62 bits per heavy atom. The standard InChI is InChI=1S/C23H32N2O6S/c1-15(16(2)24(28)21(27)31-13-17-8-6-5-7-9-17)20(26)25-19-12-18-10-11-23(19,22(18,3)4)14-32(25,29)30/h5-9,16,18-20,26,28H,1,10-14H2,2-4H3. The Hall–Kier alpha value is -1.94. The van der Waals surface area contributed by atoms with E-state index in [0.717, 1.165) is 18.4 Å². The second kappa shape index (κ2) is 7.83. The van der Waals surface area contributed by atoms with E-state index in [1.807, 2.05) is 6.07 Å². The van der Waals surface area contributed by atoms with Crippen LogP contribution in [0.25, 0.3) is 0 Å². The number of aliphatic hydroxyl groups excluding tert-OH is 1. The molecule has 176 valence electrons. The number of rotatable bonds is 6. The van der Waals surface area contributed by atoms with Crippen LogP contribution < -0.4 is 0 Å². The Balaban J connectivity index is 1.46. The van der Waals surface area contributed by atoms with Crippen LogP contribution in [-0.4, -0.2) is 58.3 Å². The first-order valence-corrected chi connectivity index (χ1v) is 12.6. The molecule has 5 atom stereocenters. The van der Waals surface area contributed by atoms with E-state index in [1.54, 1.807) is 24.3 Å². The summed E-state index contributed by atoms with van der Waals surface area (Å²) in [6, 6.07) is 7.66. The molecule has 2 bridgehead atoms. The van der Waals surface area contributed by atoms with Gasteiger partial charge >= 0.3 is 6.09 Å². The lowest BCUT2D eigenvalue weighted by Crippen LogP contribution is -2.50. The van der Waals surface area contributed by atoms with E-state index < -0.39 is 33.8 Å². The highest BCUT2D eigenvalue weighted by Gasteiger charge is 2.72. The molecule has 5 unspecified atom stereocenters. The van der Waals surface area contributed by atoms with Crippen LogP contribution in [0.1, 0.15) is 45.6 Å². The minimum Gasteiger partial charge on any atom is -0.443 e. The number of hydroxylamine groups is 2. The number of hydrogen-bond acceptors (Lipinski definition) is 6. The molecule has 0 radical (unpaired) electrons. The van der Waals surface area contributed by atoms with Crippen LogP contribution in [-0.2, 0) is 21.4 Å². The summed E-state index contributed by atoms with van der Waals surface area (Å²) >= 11 is 0. The maximum Gasteiger partial charge on any atom is 0.434 e. The van der Waals surface area contributed by atoms with E-state index in [2.05, 4.69) is 20.4 Å². The molecule has 3 aliphatic rings. The van der Waals surface area contributed by atoms with Crippen molar-refractivity contribution in [2.75, 3.05) is 5.75 Å². The van der Waals surface area contributed by atoms with Crippen molar-refractivity contribution in [1.29, 1.82) is 0 Å². The average molecular weight is 465 g/mol. The average Bonchev–Trinajstić information content (AvgIpc) is 3.24. The highest BCUT2D eigenvalue weighted by Crippen LogP contribution is 2.70. The van der Waals surface area contributed by atoms with E-state index in [-0.39, 0.29) is 29.4 Å². The first-order valence-electron chi connectivity index (χ1n) is 11.0. The zero-order chi connectivity index (χ0) is 23.5. The van der Waals surface area contributed by atoms with Crippen LogP contribution in [0.5, 0.6) is 0 Å². The van der Waals surface area contributed by atoms with Crippen molar-refractivity contribution < 1.29 is 28.3 Å². The third-order valence-electron chi connectivity index (χ3n) is 8.33. The minimum atomic E-state index is -3.73. The zero-order valence-electron chi connectivity index (χ0n) is 18.8. The fraction of sp³-hybridized carbons (Fsp3) is 0.609. The van der Waals surface area contributed by atoms with Crippen molar-refractivity contribution in [2.24, 2.45) is 16.7 Å². The maximum absolute atomic E-state index is 13.1. The van der Waals surface area contributed by atoms with Crippen molar-refractivity contribution in [2.45, 2.75) is 65.0 Å². The third kappa shape index (κ3) is 3.37. The number of hydrogen-bond donors (Lipinski definition) is 2. The normalized spacial score (nSPS) is 31.7. The van der Waals surface area contributed by atoms with Crippen molar-refractivity contribution in [3.63, 3.8) is 0 Å². The fourth-order valence-electron chi connectivity index (χ4n) is 6.12. The summed E-state index contributed by atoms with van der Waals surface area (Å²) in [5, 5.41) is 21.8. The molecule has 32 heavy (non-hydrogen) atoms. The van der Waals surface area contributed by atoms with Gasteiger partial charge in [-0.2, -0.15) is 9.37 Å². The van der Waals surface area contributed by atoms with Crippen molar-refractivity contribution in [1.82, 2.24) is 9.37 Å². The smallest absolute Gasteiger partial charge is 0.434 e. The molecule has 8 nitrogen and oxygen atoms in total. The van der Waals surface area contributed by atoms with Gasteiger partial charge < -0.3 is 9.84 Å². The molecule has 1 aliphatic heterocycles. The highest BCUT2D eigenvalue weighted by atomic mass is 32.2. The van der Waals surface area contributed by atoms with Crippen LogP contribution in [0.15, 0.2) is 42.5 Å². The van der Waals surface area contributed by atoms with Crippen molar-refractivity contribution in [3.05, 3.63) is 48.0 Å². The van der Waals surface area contributed by atoms with E-state index in [1.165, 1.54) is 11.2 Å². The molecule has 2 N–H and O–H groups in total. The molecular formula is C23H32N2O6S. The summed E-state index contributed by atoms with van der Waals surface area (Å²) in [4.78, 5) is 12.3. The van der Waals surface area contributed by atoms with Crippen LogP contribution in [0.3, 0.4) is 0 Å². The molecule has 1 amide bonds. The Morgan fingerprint density at radius 2 is 2.00 bits per heavy atom. The van der Waals surface area contributed by atoms with Gasteiger partial charge in [-0.15, -0.1) is 0 Å². The van der Waals surface area contributed by atoms with Crippen LogP contribution in [0.2, 0.25) is 0 Å². The fourth-order valence-corrected chi connectivity index (χ4v) is 8.75. The summed E-state index contributed by atoms with van der Waals surface area (Å²) in [7, 11) is -3.73. The Morgan fingerprint density at radius 1 is 1.34 bits per heavy atom. The van der Waals surface area contributed by atoms with Crippen molar-refractivity contribution in [3.8, 4) is 0 Å². The van der Waals surface area contributed by atoms with Gasteiger partial charge in [0.15, 0.2) is 0 Å². The third-order valence-corrected chi connectivity index (χ3v) is 10.3. The van der Waals surface area contributed by atoms with Gasteiger partial charge in [-0.25, -0.2) is 13.2 Å². The number of nitrogens with zero attached hydrogens (tertiary/aromatic N) is 2. The molecule has 1 heterocycles. The lowest BCUT2D eigenvalue weighted by atomic mass is 9.69. The molecule has 1 saturated heterocycles. The van der Waals surface area contributed by atoms with E-state index in [0.29, 0.717) is 17.4 Å². The maximum atomic E-state index is 13.1.